The SMILES string of the molecule is CC(CN)S(=O)Cc1nn(C)c2ccccc12. The Morgan fingerprint density at radius 2 is 2.18 bits per heavy atom. The van der Waals surface area contributed by atoms with Gasteiger partial charge in [-0.15, -0.1) is 0 Å². The molecule has 0 saturated heterocycles. The molecule has 0 fully saturated rings. The maximum absolute atomic E-state index is 12.0. The van der Waals surface area contributed by atoms with Crippen LogP contribution in [0.15, 0.2) is 24.3 Å². The lowest BCUT2D eigenvalue weighted by atomic mass is 10.2. The third-order valence-corrected chi connectivity index (χ3v) is 4.54. The second kappa shape index (κ2) is 4.98. The van der Waals surface area contributed by atoms with Crippen LogP contribution in [-0.2, 0) is 23.6 Å². The Morgan fingerprint density at radius 3 is 2.88 bits per heavy atom. The summed E-state index contributed by atoms with van der Waals surface area (Å²) in [5.41, 5.74) is 7.49. The standard InChI is InChI=1S/C12H17N3OS/c1-9(7-13)17(16)8-11-10-5-3-4-6-12(10)15(2)14-11/h3-6,9H,7-8,13H2,1-2H3. The smallest absolute Gasteiger partial charge is 0.0828 e. The van der Waals surface area contributed by atoms with Gasteiger partial charge in [-0.2, -0.15) is 5.10 Å². The molecule has 1 heterocycles. The number of nitrogens with zero attached hydrogens (tertiary/aromatic N) is 2. The zero-order valence-electron chi connectivity index (χ0n) is 10.1. The molecule has 17 heavy (non-hydrogen) atoms. The van der Waals surface area contributed by atoms with Gasteiger partial charge in [-0.25, -0.2) is 0 Å². The van der Waals surface area contributed by atoms with Crippen LogP contribution in [0.5, 0.6) is 0 Å². The van der Waals surface area contributed by atoms with Gasteiger partial charge in [0, 0.05) is 35.0 Å². The average Bonchev–Trinajstić information content (AvgIpc) is 2.66. The molecule has 92 valence electrons. The van der Waals surface area contributed by atoms with Crippen molar-refractivity contribution < 1.29 is 4.21 Å². The Morgan fingerprint density at radius 1 is 1.47 bits per heavy atom. The van der Waals surface area contributed by atoms with Gasteiger partial charge in [0.2, 0.25) is 0 Å². The first-order valence-corrected chi connectivity index (χ1v) is 6.99. The lowest BCUT2D eigenvalue weighted by Gasteiger charge is -2.06. The lowest BCUT2D eigenvalue weighted by Crippen LogP contribution is -2.23. The van der Waals surface area contributed by atoms with Gasteiger partial charge in [-0.3, -0.25) is 8.89 Å². The number of aryl methyl sites for hydroxylation is 1. The number of benzene rings is 1. The molecule has 5 heteroatoms. The second-order valence-corrected chi connectivity index (χ2v) is 6.01. The van der Waals surface area contributed by atoms with Gasteiger partial charge in [0.25, 0.3) is 0 Å². The molecular formula is C12H17N3OS. The van der Waals surface area contributed by atoms with Crippen molar-refractivity contribution in [2.24, 2.45) is 12.8 Å². The Bertz CT molecular complexity index is 550. The van der Waals surface area contributed by atoms with Crippen LogP contribution in [-0.4, -0.2) is 25.8 Å². The lowest BCUT2D eigenvalue weighted by molar-refractivity contribution is 0.671. The van der Waals surface area contributed by atoms with Crippen LogP contribution in [0.4, 0.5) is 0 Å². The number of nitrogens with two attached hydrogens (primary N) is 1. The highest BCUT2D eigenvalue weighted by Gasteiger charge is 2.14. The molecule has 2 aromatic rings. The summed E-state index contributed by atoms with van der Waals surface area (Å²) in [5, 5.41) is 5.52. The van der Waals surface area contributed by atoms with Gasteiger partial charge >= 0.3 is 0 Å². The first-order valence-electron chi connectivity index (χ1n) is 5.61. The van der Waals surface area contributed by atoms with Gasteiger partial charge in [0.05, 0.1) is 17.0 Å². The minimum Gasteiger partial charge on any atom is -0.329 e. The van der Waals surface area contributed by atoms with Crippen molar-refractivity contribution in [1.29, 1.82) is 0 Å². The maximum atomic E-state index is 12.0. The third-order valence-electron chi connectivity index (χ3n) is 2.89. The van der Waals surface area contributed by atoms with Crippen LogP contribution in [0.2, 0.25) is 0 Å². The van der Waals surface area contributed by atoms with Crippen molar-refractivity contribution >= 4 is 21.7 Å². The summed E-state index contributed by atoms with van der Waals surface area (Å²) in [6, 6.07) is 7.99. The van der Waals surface area contributed by atoms with Crippen LogP contribution >= 0.6 is 0 Å². The fourth-order valence-electron chi connectivity index (χ4n) is 1.78. The molecule has 0 radical (unpaired) electrons. The molecule has 0 spiro atoms. The number of fused-ring (bicyclic) bond motifs is 1. The topological polar surface area (TPSA) is 60.9 Å². The molecule has 0 saturated carbocycles. The zero-order valence-corrected chi connectivity index (χ0v) is 10.9. The van der Waals surface area contributed by atoms with Gasteiger partial charge < -0.3 is 5.73 Å². The van der Waals surface area contributed by atoms with E-state index in [0.717, 1.165) is 16.6 Å². The summed E-state index contributed by atoms with van der Waals surface area (Å²) in [7, 11) is 0.945. The van der Waals surface area contributed by atoms with Gasteiger partial charge in [-0.05, 0) is 13.0 Å². The fourth-order valence-corrected chi connectivity index (χ4v) is 2.76. The number of rotatable bonds is 4. The number of para-hydroxylation sites is 1. The van der Waals surface area contributed by atoms with Gasteiger partial charge in [0.15, 0.2) is 0 Å². The molecule has 0 aliphatic heterocycles. The molecule has 1 aromatic heterocycles. The average molecular weight is 251 g/mol. The Hall–Kier alpha value is -1.20. The fraction of sp³-hybridized carbons (Fsp3) is 0.417. The highest BCUT2D eigenvalue weighted by Crippen LogP contribution is 2.19. The van der Waals surface area contributed by atoms with E-state index in [2.05, 4.69) is 5.10 Å². The van der Waals surface area contributed by atoms with Crippen molar-refractivity contribution in [2.75, 3.05) is 6.54 Å². The van der Waals surface area contributed by atoms with E-state index >= 15 is 0 Å². The summed E-state index contributed by atoms with van der Waals surface area (Å²) in [6.45, 7) is 2.35. The van der Waals surface area contributed by atoms with Crippen LogP contribution < -0.4 is 5.73 Å². The summed E-state index contributed by atoms with van der Waals surface area (Å²) < 4.78 is 13.8. The second-order valence-electron chi connectivity index (χ2n) is 4.16. The molecule has 2 N–H and O–H groups in total. The minimum absolute atomic E-state index is 0.00997. The Labute approximate surface area is 103 Å². The van der Waals surface area contributed by atoms with Gasteiger partial charge in [0.1, 0.15) is 0 Å². The van der Waals surface area contributed by atoms with E-state index in [0.29, 0.717) is 12.3 Å². The van der Waals surface area contributed by atoms with E-state index in [1.54, 1.807) is 0 Å². The molecule has 2 unspecified atom stereocenters. The van der Waals surface area contributed by atoms with Gasteiger partial charge in [-0.1, -0.05) is 18.2 Å². The van der Waals surface area contributed by atoms with Crippen LogP contribution in [0.25, 0.3) is 10.9 Å². The van der Waals surface area contributed by atoms with Crippen LogP contribution in [0.1, 0.15) is 12.6 Å². The Balaban J connectivity index is 2.34. The summed E-state index contributed by atoms with van der Waals surface area (Å²) in [6.07, 6.45) is 0. The normalized spacial score (nSPS) is 15.0. The highest BCUT2D eigenvalue weighted by molar-refractivity contribution is 7.84. The van der Waals surface area contributed by atoms with Crippen molar-refractivity contribution in [3.63, 3.8) is 0 Å². The van der Waals surface area contributed by atoms with Crippen molar-refractivity contribution in [3.8, 4) is 0 Å². The Kier molecular flexibility index (Phi) is 3.59. The van der Waals surface area contributed by atoms with E-state index in [1.165, 1.54) is 0 Å². The van der Waals surface area contributed by atoms with E-state index in [4.69, 9.17) is 5.73 Å². The molecule has 0 bridgehead atoms. The molecule has 2 atom stereocenters. The number of hydrogen-bond donors (Lipinski definition) is 1. The van der Waals surface area contributed by atoms with E-state index in [1.807, 2.05) is 42.9 Å². The van der Waals surface area contributed by atoms with E-state index in [9.17, 15) is 4.21 Å². The zero-order chi connectivity index (χ0) is 12.4. The predicted molar refractivity (Wildman–Crippen MR) is 71.1 cm³/mol. The third kappa shape index (κ3) is 2.40. The van der Waals surface area contributed by atoms with Crippen LogP contribution in [0, 0.1) is 0 Å². The first kappa shape index (κ1) is 12.3. The number of aromatic nitrogens is 2. The maximum Gasteiger partial charge on any atom is 0.0828 e. The molecule has 0 aliphatic rings. The van der Waals surface area contributed by atoms with Crippen molar-refractivity contribution in [2.45, 2.75) is 17.9 Å². The quantitative estimate of drug-likeness (QED) is 0.887. The van der Waals surface area contributed by atoms with Crippen molar-refractivity contribution in [1.82, 2.24) is 9.78 Å². The van der Waals surface area contributed by atoms with Crippen LogP contribution in [0.3, 0.4) is 0 Å². The summed E-state index contributed by atoms with van der Waals surface area (Å²) in [4.78, 5) is 0. The number of hydrogen-bond acceptors (Lipinski definition) is 3. The highest BCUT2D eigenvalue weighted by atomic mass is 32.2. The molecule has 2 rings (SSSR count). The predicted octanol–water partition coefficient (Wildman–Crippen LogP) is 1.17. The molecular weight excluding hydrogens is 234 g/mol. The van der Waals surface area contributed by atoms with Crippen molar-refractivity contribution in [3.05, 3.63) is 30.0 Å². The first-order chi connectivity index (χ1) is 8.13. The largest absolute Gasteiger partial charge is 0.329 e. The molecule has 1 aromatic carbocycles. The molecule has 0 aliphatic carbocycles. The molecule has 4 nitrogen and oxygen atoms in total. The van der Waals surface area contributed by atoms with E-state index < -0.39 is 10.8 Å². The molecule has 0 amide bonds. The summed E-state index contributed by atoms with van der Waals surface area (Å²) in [5.74, 6) is 0.472. The summed E-state index contributed by atoms with van der Waals surface area (Å²) >= 11 is 0. The minimum atomic E-state index is -0.959. The monoisotopic (exact) mass is 251 g/mol. The van der Waals surface area contributed by atoms with E-state index in [-0.39, 0.29) is 5.25 Å².